The van der Waals surface area contributed by atoms with Crippen LogP contribution in [-0.4, -0.2) is 45.5 Å². The van der Waals surface area contributed by atoms with Gasteiger partial charge in [0.1, 0.15) is 0 Å². The lowest BCUT2D eigenvalue weighted by atomic mass is 10.2. The van der Waals surface area contributed by atoms with Crippen LogP contribution in [0, 0.1) is 0 Å². The number of ether oxygens (including phenoxy) is 2. The van der Waals surface area contributed by atoms with Gasteiger partial charge in [0.25, 0.3) is 0 Å². The van der Waals surface area contributed by atoms with E-state index in [2.05, 4.69) is 4.18 Å². The molecule has 7 heteroatoms. The van der Waals surface area contributed by atoms with Crippen LogP contribution >= 0.6 is 0 Å². The number of rotatable bonds is 7. The van der Waals surface area contributed by atoms with Crippen LogP contribution in [0.3, 0.4) is 0 Å². The summed E-state index contributed by atoms with van der Waals surface area (Å²) in [5, 5.41) is 0. The minimum absolute atomic E-state index is 0.0780. The van der Waals surface area contributed by atoms with E-state index >= 15 is 0 Å². The molecule has 2 atom stereocenters. The van der Waals surface area contributed by atoms with Crippen LogP contribution in [0.25, 0.3) is 0 Å². The van der Waals surface area contributed by atoms with Gasteiger partial charge in [-0.1, -0.05) is 0 Å². The lowest BCUT2D eigenvalue weighted by Gasteiger charge is -2.18. The lowest BCUT2D eigenvalue weighted by molar-refractivity contribution is -0.0452. The van der Waals surface area contributed by atoms with Gasteiger partial charge >= 0.3 is 10.4 Å². The van der Waals surface area contributed by atoms with Gasteiger partial charge in [-0.2, -0.15) is 8.42 Å². The fraction of sp³-hybridized carbons (Fsp3) is 1.00. The van der Waals surface area contributed by atoms with E-state index in [-0.39, 0.29) is 25.4 Å². The van der Waals surface area contributed by atoms with Crippen LogP contribution in [0.5, 0.6) is 0 Å². The summed E-state index contributed by atoms with van der Waals surface area (Å²) in [5.41, 5.74) is 0. The first-order valence-corrected chi connectivity index (χ1v) is 5.49. The normalized spacial score (nSPS) is 16.6. The Morgan fingerprint density at radius 1 is 1.21 bits per heavy atom. The molecule has 0 spiro atoms. The summed E-state index contributed by atoms with van der Waals surface area (Å²) in [5.74, 6) is 0. The molecule has 0 bridgehead atoms. The molecule has 2 unspecified atom stereocenters. The molecule has 0 aliphatic heterocycles. The van der Waals surface area contributed by atoms with Crippen molar-refractivity contribution in [1.29, 1.82) is 0 Å². The van der Waals surface area contributed by atoms with Gasteiger partial charge in [-0.25, -0.2) is 4.18 Å². The Balaban J connectivity index is 3.55. The van der Waals surface area contributed by atoms with E-state index in [1.54, 1.807) is 14.0 Å². The molecule has 0 aromatic carbocycles. The summed E-state index contributed by atoms with van der Waals surface area (Å²) in [7, 11) is -2.80. The van der Waals surface area contributed by atoms with Gasteiger partial charge in [-0.15, -0.1) is 0 Å². The molecule has 0 saturated heterocycles. The van der Waals surface area contributed by atoms with Crippen molar-refractivity contribution in [2.45, 2.75) is 26.1 Å². The summed E-state index contributed by atoms with van der Waals surface area (Å²) in [4.78, 5) is 0. The Labute approximate surface area is 84.1 Å². The highest BCUT2D eigenvalue weighted by Crippen LogP contribution is 2.01. The smallest absolute Gasteiger partial charge is 0.379 e. The summed E-state index contributed by atoms with van der Waals surface area (Å²) in [6, 6.07) is 0. The van der Waals surface area contributed by atoms with Gasteiger partial charge in [0, 0.05) is 7.11 Å². The second-order valence-corrected chi connectivity index (χ2v) is 3.86. The zero-order chi connectivity index (χ0) is 11.2. The maximum absolute atomic E-state index is 10.1. The fourth-order valence-corrected chi connectivity index (χ4v) is 0.979. The van der Waals surface area contributed by atoms with Crippen LogP contribution in [0.15, 0.2) is 0 Å². The zero-order valence-corrected chi connectivity index (χ0v) is 9.28. The Hall–Kier alpha value is -0.210. The first-order valence-electron chi connectivity index (χ1n) is 4.13. The van der Waals surface area contributed by atoms with E-state index in [1.807, 2.05) is 6.92 Å². The Morgan fingerprint density at radius 3 is 2.21 bits per heavy atom. The molecule has 0 aliphatic rings. The molecule has 0 aromatic heterocycles. The molecule has 86 valence electrons. The van der Waals surface area contributed by atoms with E-state index in [0.29, 0.717) is 0 Å². The second-order valence-electron chi connectivity index (χ2n) is 2.77. The number of hydrogen-bond donors (Lipinski definition) is 1. The molecule has 0 fully saturated rings. The average Bonchev–Trinajstić information content (AvgIpc) is 2.09. The van der Waals surface area contributed by atoms with E-state index in [0.717, 1.165) is 0 Å². The summed E-state index contributed by atoms with van der Waals surface area (Å²) in [6.07, 6.45) is -0.245. The van der Waals surface area contributed by atoms with Gasteiger partial charge in [-0.3, -0.25) is 4.55 Å². The molecule has 0 radical (unpaired) electrons. The van der Waals surface area contributed by atoms with Crippen molar-refractivity contribution in [1.82, 2.24) is 0 Å². The third-order valence-electron chi connectivity index (χ3n) is 1.73. The third kappa shape index (κ3) is 7.22. The van der Waals surface area contributed by atoms with Crippen molar-refractivity contribution < 1.29 is 26.6 Å². The van der Waals surface area contributed by atoms with Crippen LogP contribution in [-0.2, 0) is 24.1 Å². The molecule has 0 aliphatic carbocycles. The highest BCUT2D eigenvalue weighted by Gasteiger charge is 2.11. The second kappa shape index (κ2) is 6.31. The van der Waals surface area contributed by atoms with Crippen LogP contribution < -0.4 is 0 Å². The SMILES string of the molecule is COC(C)C(C)OCCOS(=O)(=O)O. The van der Waals surface area contributed by atoms with E-state index in [9.17, 15) is 8.42 Å². The predicted octanol–water partition coefficient (Wildman–Crippen LogP) is 0.246. The number of hydrogen-bond acceptors (Lipinski definition) is 5. The van der Waals surface area contributed by atoms with Crippen molar-refractivity contribution in [2.75, 3.05) is 20.3 Å². The molecule has 0 aromatic rings. The first-order chi connectivity index (χ1) is 6.37. The van der Waals surface area contributed by atoms with Gasteiger partial charge in [0.2, 0.25) is 0 Å². The molecule has 14 heavy (non-hydrogen) atoms. The first kappa shape index (κ1) is 13.8. The van der Waals surface area contributed by atoms with Crippen molar-refractivity contribution >= 4 is 10.4 Å². The van der Waals surface area contributed by atoms with E-state index < -0.39 is 10.4 Å². The topological polar surface area (TPSA) is 82.1 Å². The van der Waals surface area contributed by atoms with Crippen LogP contribution in [0.2, 0.25) is 0 Å². The Bertz CT molecular complexity index is 237. The number of methoxy groups -OCH3 is 1. The van der Waals surface area contributed by atoms with Crippen molar-refractivity contribution in [3.05, 3.63) is 0 Å². The van der Waals surface area contributed by atoms with Gasteiger partial charge in [0.05, 0.1) is 25.4 Å². The van der Waals surface area contributed by atoms with Gasteiger partial charge in [-0.05, 0) is 13.8 Å². The zero-order valence-electron chi connectivity index (χ0n) is 8.47. The molecule has 0 amide bonds. The van der Waals surface area contributed by atoms with Crippen molar-refractivity contribution in [3.8, 4) is 0 Å². The molecule has 0 rings (SSSR count). The van der Waals surface area contributed by atoms with E-state index in [4.69, 9.17) is 14.0 Å². The third-order valence-corrected chi connectivity index (χ3v) is 2.19. The monoisotopic (exact) mass is 228 g/mol. The maximum Gasteiger partial charge on any atom is 0.397 e. The molecule has 6 nitrogen and oxygen atoms in total. The lowest BCUT2D eigenvalue weighted by Crippen LogP contribution is -2.26. The molecule has 0 saturated carbocycles. The molecular formula is C7H16O6S. The van der Waals surface area contributed by atoms with Crippen LogP contribution in [0.1, 0.15) is 13.8 Å². The average molecular weight is 228 g/mol. The summed E-state index contributed by atoms with van der Waals surface area (Å²) in [6.45, 7) is 3.49. The Kier molecular flexibility index (Phi) is 6.21. The maximum atomic E-state index is 10.1. The molecule has 1 N–H and O–H groups in total. The van der Waals surface area contributed by atoms with Crippen molar-refractivity contribution in [3.63, 3.8) is 0 Å². The van der Waals surface area contributed by atoms with Crippen LogP contribution in [0.4, 0.5) is 0 Å². The van der Waals surface area contributed by atoms with Gasteiger partial charge in [0.15, 0.2) is 0 Å². The minimum atomic E-state index is -4.36. The van der Waals surface area contributed by atoms with Crippen molar-refractivity contribution in [2.24, 2.45) is 0 Å². The standard InChI is InChI=1S/C7H16O6S/c1-6(11-3)7(2)12-4-5-13-14(8,9)10/h6-7H,4-5H2,1-3H3,(H,8,9,10). The largest absolute Gasteiger partial charge is 0.397 e. The van der Waals surface area contributed by atoms with Gasteiger partial charge < -0.3 is 9.47 Å². The molecule has 0 heterocycles. The summed E-state index contributed by atoms with van der Waals surface area (Å²) < 4.78 is 42.6. The molecular weight excluding hydrogens is 212 g/mol. The summed E-state index contributed by atoms with van der Waals surface area (Å²) >= 11 is 0. The van der Waals surface area contributed by atoms with E-state index in [1.165, 1.54) is 0 Å². The predicted molar refractivity (Wildman–Crippen MR) is 49.4 cm³/mol. The highest BCUT2D eigenvalue weighted by molar-refractivity contribution is 7.80. The highest BCUT2D eigenvalue weighted by atomic mass is 32.3. The fourth-order valence-electron chi connectivity index (χ4n) is 0.700. The minimum Gasteiger partial charge on any atom is -0.379 e. The quantitative estimate of drug-likeness (QED) is 0.496. The Morgan fingerprint density at radius 2 is 1.79 bits per heavy atom.